The van der Waals surface area contributed by atoms with Crippen molar-refractivity contribution in [3.8, 4) is 17.2 Å². The normalized spacial score (nSPS) is 11.0. The molecule has 3 aromatic carbocycles. The van der Waals surface area contributed by atoms with E-state index in [1.54, 1.807) is 30.3 Å². The number of rotatable bonds is 8. The van der Waals surface area contributed by atoms with Crippen LogP contribution in [0.1, 0.15) is 28.5 Å². The summed E-state index contributed by atoms with van der Waals surface area (Å²) in [5, 5.41) is 9.34. The first-order valence-corrected chi connectivity index (χ1v) is 12.0. The summed E-state index contributed by atoms with van der Waals surface area (Å²) in [6.45, 7) is 3.28. The molecule has 1 N–H and O–H groups in total. The van der Waals surface area contributed by atoms with Crippen LogP contribution < -0.4 is 4.74 Å². The molecule has 0 radical (unpaired) electrons. The molecule has 0 aliphatic rings. The average Bonchev–Trinajstić information content (AvgIpc) is 3.47. The number of carbonyl (C=O) groups is 2. The minimum absolute atomic E-state index is 0.0258. The van der Waals surface area contributed by atoms with E-state index in [2.05, 4.69) is 9.97 Å². The number of carboxylic acids is 1. The maximum Gasteiger partial charge on any atom is 0.416 e. The number of fused-ring (bicyclic) bond motifs is 1. The quantitative estimate of drug-likeness (QED) is 0.279. The zero-order valence-corrected chi connectivity index (χ0v) is 20.9. The first kappa shape index (κ1) is 24.8. The Morgan fingerprint density at radius 1 is 0.947 bits per heavy atom. The van der Waals surface area contributed by atoms with E-state index in [0.29, 0.717) is 46.4 Å². The molecule has 2 aromatic heterocycles. The Kier molecular flexibility index (Phi) is 6.90. The van der Waals surface area contributed by atoms with Crippen LogP contribution >= 0.6 is 0 Å². The van der Waals surface area contributed by atoms with Crippen LogP contribution in [0.5, 0.6) is 5.75 Å². The fourth-order valence-electron chi connectivity index (χ4n) is 3.97. The Balaban J connectivity index is 1.32. The van der Waals surface area contributed by atoms with Crippen molar-refractivity contribution in [3.05, 3.63) is 101 Å². The maximum absolute atomic E-state index is 12.7. The Morgan fingerprint density at radius 2 is 1.71 bits per heavy atom. The fourth-order valence-corrected chi connectivity index (χ4v) is 3.97. The third-order valence-corrected chi connectivity index (χ3v) is 5.91. The molecule has 0 aliphatic carbocycles. The monoisotopic (exact) mass is 511 g/mol. The minimum Gasteiger partial charge on any atom is -0.480 e. The van der Waals surface area contributed by atoms with Crippen LogP contribution in [-0.2, 0) is 17.8 Å². The maximum atomic E-state index is 12.7. The van der Waals surface area contributed by atoms with Gasteiger partial charge in [-0.25, -0.2) is 14.8 Å². The Bertz CT molecular complexity index is 1590. The summed E-state index contributed by atoms with van der Waals surface area (Å²) in [6.07, 6.45) is -0.409. The van der Waals surface area contributed by atoms with E-state index in [0.717, 1.165) is 21.7 Å². The van der Waals surface area contributed by atoms with Crippen LogP contribution in [0.25, 0.3) is 22.6 Å². The second-order valence-corrected chi connectivity index (χ2v) is 8.91. The molecule has 1 amide bonds. The van der Waals surface area contributed by atoms with Crippen LogP contribution in [0.15, 0.2) is 81.6 Å². The highest BCUT2D eigenvalue weighted by Gasteiger charge is 2.21. The van der Waals surface area contributed by atoms with Crippen LogP contribution in [0.3, 0.4) is 0 Å². The van der Waals surface area contributed by atoms with Gasteiger partial charge in [0, 0.05) is 12.1 Å². The second kappa shape index (κ2) is 10.6. The van der Waals surface area contributed by atoms with Gasteiger partial charge in [-0.15, -0.1) is 0 Å². The van der Waals surface area contributed by atoms with E-state index in [1.165, 1.54) is 0 Å². The highest BCUT2D eigenvalue weighted by Crippen LogP contribution is 2.25. The number of oxazole rings is 2. The molecule has 0 spiro atoms. The number of hydrogen-bond donors (Lipinski definition) is 1. The lowest BCUT2D eigenvalue weighted by Crippen LogP contribution is -2.37. The molecule has 38 heavy (non-hydrogen) atoms. The number of aryl methyl sites for hydroxylation is 2. The third kappa shape index (κ3) is 5.73. The molecule has 5 rings (SSSR count). The van der Waals surface area contributed by atoms with Crippen LogP contribution in [0.2, 0.25) is 0 Å². The number of hydrogen-bond acceptors (Lipinski definition) is 7. The summed E-state index contributed by atoms with van der Waals surface area (Å²) in [5.41, 5.74) is 4.47. The predicted octanol–water partition coefficient (Wildman–Crippen LogP) is 5.78. The molecule has 2 heterocycles. The largest absolute Gasteiger partial charge is 0.480 e. The SMILES string of the molecule is Cc1ccc(OC(=O)N(CC(=O)O)Cc2ccc3oc(Cc4nc(-c5ccccc5)oc4C)nc3c2)cc1. The molecular formula is C29H25N3O6. The van der Waals surface area contributed by atoms with Crippen LogP contribution in [0, 0.1) is 13.8 Å². The van der Waals surface area contributed by atoms with Crippen molar-refractivity contribution in [2.75, 3.05) is 6.54 Å². The zero-order valence-electron chi connectivity index (χ0n) is 20.9. The number of benzene rings is 3. The highest BCUT2D eigenvalue weighted by molar-refractivity contribution is 5.78. The van der Waals surface area contributed by atoms with Gasteiger partial charge in [0.15, 0.2) is 5.58 Å². The summed E-state index contributed by atoms with van der Waals surface area (Å²) in [4.78, 5) is 34.5. The van der Waals surface area contributed by atoms with Crippen molar-refractivity contribution >= 4 is 23.2 Å². The number of carboxylic acid groups (broad SMARTS) is 1. The van der Waals surface area contributed by atoms with E-state index in [-0.39, 0.29) is 6.54 Å². The Morgan fingerprint density at radius 3 is 2.45 bits per heavy atom. The molecule has 0 bridgehead atoms. The van der Waals surface area contributed by atoms with Crippen LogP contribution in [0.4, 0.5) is 4.79 Å². The van der Waals surface area contributed by atoms with E-state index in [4.69, 9.17) is 13.6 Å². The summed E-state index contributed by atoms with van der Waals surface area (Å²) < 4.78 is 17.1. The number of aliphatic carboxylic acids is 1. The summed E-state index contributed by atoms with van der Waals surface area (Å²) in [6, 6.07) is 21.9. The van der Waals surface area contributed by atoms with Gasteiger partial charge < -0.3 is 18.7 Å². The van der Waals surface area contributed by atoms with E-state index >= 15 is 0 Å². The van der Waals surface area contributed by atoms with Gasteiger partial charge in [-0.1, -0.05) is 42.0 Å². The topological polar surface area (TPSA) is 119 Å². The molecule has 0 saturated carbocycles. The Hall–Kier alpha value is -4.92. The van der Waals surface area contributed by atoms with Gasteiger partial charge in [-0.2, -0.15) is 0 Å². The molecule has 0 saturated heterocycles. The van der Waals surface area contributed by atoms with Gasteiger partial charge in [0.05, 0.1) is 12.1 Å². The van der Waals surface area contributed by atoms with Gasteiger partial charge in [0.1, 0.15) is 23.6 Å². The molecule has 0 aliphatic heterocycles. The Labute approximate surface area is 218 Å². The van der Waals surface area contributed by atoms with Crippen molar-refractivity contribution in [2.45, 2.75) is 26.8 Å². The predicted molar refractivity (Wildman–Crippen MR) is 139 cm³/mol. The number of nitrogens with zero attached hydrogens (tertiary/aromatic N) is 3. The van der Waals surface area contributed by atoms with Crippen LogP contribution in [-0.4, -0.2) is 38.6 Å². The average molecular weight is 512 g/mol. The van der Waals surface area contributed by atoms with E-state index in [1.807, 2.05) is 56.3 Å². The lowest BCUT2D eigenvalue weighted by molar-refractivity contribution is -0.138. The summed E-state index contributed by atoms with van der Waals surface area (Å²) in [7, 11) is 0. The van der Waals surface area contributed by atoms with Crippen molar-refractivity contribution < 1.29 is 28.3 Å². The lowest BCUT2D eigenvalue weighted by Gasteiger charge is -2.20. The highest BCUT2D eigenvalue weighted by atomic mass is 16.6. The van der Waals surface area contributed by atoms with Crippen molar-refractivity contribution in [3.63, 3.8) is 0 Å². The van der Waals surface area contributed by atoms with Gasteiger partial charge >= 0.3 is 12.1 Å². The van der Waals surface area contributed by atoms with Crippen molar-refractivity contribution in [1.29, 1.82) is 0 Å². The van der Waals surface area contributed by atoms with Gasteiger partial charge in [0.2, 0.25) is 11.8 Å². The number of ether oxygens (including phenoxy) is 1. The lowest BCUT2D eigenvalue weighted by atomic mass is 10.2. The number of amides is 1. The number of carbonyl (C=O) groups excluding carboxylic acids is 1. The molecule has 0 atom stereocenters. The van der Waals surface area contributed by atoms with Gasteiger partial charge in [0.25, 0.3) is 0 Å². The molecular weight excluding hydrogens is 486 g/mol. The first-order valence-electron chi connectivity index (χ1n) is 12.0. The second-order valence-electron chi connectivity index (χ2n) is 8.91. The molecule has 0 unspecified atom stereocenters. The molecule has 9 nitrogen and oxygen atoms in total. The van der Waals surface area contributed by atoms with Crippen molar-refractivity contribution in [1.82, 2.24) is 14.9 Å². The van der Waals surface area contributed by atoms with Gasteiger partial charge in [-0.05, 0) is 55.8 Å². The molecule has 9 heteroatoms. The first-order chi connectivity index (χ1) is 18.3. The smallest absolute Gasteiger partial charge is 0.416 e. The van der Waals surface area contributed by atoms with Gasteiger partial charge in [-0.3, -0.25) is 9.69 Å². The van der Waals surface area contributed by atoms with E-state index < -0.39 is 18.6 Å². The summed E-state index contributed by atoms with van der Waals surface area (Å²) in [5.74, 6) is 0.879. The molecule has 0 fully saturated rings. The summed E-state index contributed by atoms with van der Waals surface area (Å²) >= 11 is 0. The molecule has 192 valence electrons. The zero-order chi connectivity index (χ0) is 26.6. The number of aromatic nitrogens is 2. The third-order valence-electron chi connectivity index (χ3n) is 5.91. The van der Waals surface area contributed by atoms with Crippen molar-refractivity contribution in [2.24, 2.45) is 0 Å². The standard InChI is InChI=1S/C29H25N3O6/c1-18-8-11-22(12-9-18)37-29(35)32(17-27(33)34)16-20-10-13-25-24(14-20)30-26(38-25)15-23-19(2)36-28(31-23)21-6-4-3-5-7-21/h3-14H,15-17H2,1-2H3,(H,33,34). The van der Waals surface area contributed by atoms with E-state index in [9.17, 15) is 14.7 Å². The minimum atomic E-state index is -1.14. The molecule has 5 aromatic rings. The fraction of sp³-hybridized carbons (Fsp3) is 0.172.